The molecule has 0 aliphatic heterocycles. The fraction of sp³-hybridized carbons (Fsp3) is 0.375. The Kier molecular flexibility index (Phi) is 4.27. The SMILES string of the molecule is CC(C)[C@](C)(C#N)NC(=O)Cn1ncc(=O)c2ccccc21. The number of aromatic nitrogens is 2. The minimum absolute atomic E-state index is 0.0276. The van der Waals surface area contributed by atoms with Gasteiger partial charge in [0.05, 0.1) is 17.8 Å². The van der Waals surface area contributed by atoms with E-state index in [-0.39, 0.29) is 23.8 Å². The second kappa shape index (κ2) is 5.98. The van der Waals surface area contributed by atoms with Crippen molar-refractivity contribution in [2.45, 2.75) is 32.9 Å². The standard InChI is InChI=1S/C16H18N4O2/c1-11(2)16(3,10-17)19-15(22)9-20-13-7-5-4-6-12(13)14(21)8-18-20/h4-8,11H,9H2,1-3H3,(H,19,22)/t16-/m0/s1. The van der Waals surface area contributed by atoms with Crippen LogP contribution in [-0.2, 0) is 11.3 Å². The van der Waals surface area contributed by atoms with Gasteiger partial charge in [-0.05, 0) is 25.0 Å². The molecule has 1 N–H and O–H groups in total. The molecule has 1 amide bonds. The molecule has 0 spiro atoms. The molecule has 0 fully saturated rings. The van der Waals surface area contributed by atoms with Crippen LogP contribution in [-0.4, -0.2) is 21.2 Å². The molecular formula is C16H18N4O2. The van der Waals surface area contributed by atoms with Crippen molar-refractivity contribution < 1.29 is 4.79 Å². The Labute approximate surface area is 128 Å². The first kappa shape index (κ1) is 15.7. The first-order valence-electron chi connectivity index (χ1n) is 7.04. The highest BCUT2D eigenvalue weighted by molar-refractivity contribution is 5.82. The quantitative estimate of drug-likeness (QED) is 0.925. The van der Waals surface area contributed by atoms with Gasteiger partial charge in [-0.1, -0.05) is 26.0 Å². The van der Waals surface area contributed by atoms with E-state index >= 15 is 0 Å². The van der Waals surface area contributed by atoms with Crippen LogP contribution in [0.4, 0.5) is 0 Å². The number of carbonyl (C=O) groups excluding carboxylic acids is 1. The molecule has 0 radical (unpaired) electrons. The van der Waals surface area contributed by atoms with E-state index in [2.05, 4.69) is 16.5 Å². The summed E-state index contributed by atoms with van der Waals surface area (Å²) < 4.78 is 1.46. The first-order chi connectivity index (χ1) is 10.4. The number of amides is 1. The van der Waals surface area contributed by atoms with Crippen molar-refractivity contribution in [1.29, 1.82) is 5.26 Å². The number of hydrogen-bond acceptors (Lipinski definition) is 4. The van der Waals surface area contributed by atoms with E-state index in [0.717, 1.165) is 0 Å². The molecule has 0 aliphatic carbocycles. The summed E-state index contributed by atoms with van der Waals surface area (Å²) in [6, 6.07) is 9.11. The minimum Gasteiger partial charge on any atom is -0.336 e. The number of para-hydroxylation sites is 1. The van der Waals surface area contributed by atoms with Crippen molar-refractivity contribution in [2.24, 2.45) is 5.92 Å². The summed E-state index contributed by atoms with van der Waals surface area (Å²) in [5.74, 6) is -0.348. The third kappa shape index (κ3) is 2.98. The van der Waals surface area contributed by atoms with Gasteiger partial charge in [0.2, 0.25) is 11.3 Å². The van der Waals surface area contributed by atoms with Gasteiger partial charge in [-0.2, -0.15) is 10.4 Å². The summed E-state index contributed by atoms with van der Waals surface area (Å²) in [7, 11) is 0. The van der Waals surface area contributed by atoms with Gasteiger partial charge in [-0.3, -0.25) is 14.3 Å². The predicted octanol–water partition coefficient (Wildman–Crippen LogP) is 1.45. The Morgan fingerprint density at radius 1 is 1.45 bits per heavy atom. The molecule has 2 aromatic rings. The summed E-state index contributed by atoms with van der Waals surface area (Å²) >= 11 is 0. The molecule has 0 saturated carbocycles. The molecule has 1 heterocycles. The highest BCUT2D eigenvalue weighted by atomic mass is 16.2. The third-order valence-corrected chi connectivity index (χ3v) is 3.84. The predicted molar refractivity (Wildman–Crippen MR) is 83.0 cm³/mol. The Balaban J connectivity index is 2.29. The maximum absolute atomic E-state index is 12.2. The third-order valence-electron chi connectivity index (χ3n) is 3.84. The average molecular weight is 298 g/mol. The molecule has 1 atom stereocenters. The van der Waals surface area contributed by atoms with Crippen LogP contribution in [0, 0.1) is 17.2 Å². The number of benzene rings is 1. The van der Waals surface area contributed by atoms with Gasteiger partial charge in [0, 0.05) is 5.39 Å². The van der Waals surface area contributed by atoms with Crippen molar-refractivity contribution >= 4 is 16.8 Å². The highest BCUT2D eigenvalue weighted by Crippen LogP contribution is 2.15. The van der Waals surface area contributed by atoms with Crippen LogP contribution in [0.3, 0.4) is 0 Å². The molecule has 0 bridgehead atoms. The Hall–Kier alpha value is -2.68. The lowest BCUT2D eigenvalue weighted by Gasteiger charge is -2.27. The van der Waals surface area contributed by atoms with Crippen molar-refractivity contribution in [2.75, 3.05) is 0 Å². The van der Waals surface area contributed by atoms with Crippen LogP contribution in [0.5, 0.6) is 0 Å². The number of nitrogens with one attached hydrogen (secondary N) is 1. The molecule has 2 rings (SSSR count). The fourth-order valence-electron chi connectivity index (χ4n) is 2.05. The molecule has 0 saturated heterocycles. The Morgan fingerprint density at radius 3 is 2.77 bits per heavy atom. The zero-order chi connectivity index (χ0) is 16.3. The number of rotatable bonds is 4. The largest absolute Gasteiger partial charge is 0.336 e. The molecular weight excluding hydrogens is 280 g/mol. The molecule has 114 valence electrons. The van der Waals surface area contributed by atoms with Crippen molar-refractivity contribution in [3.63, 3.8) is 0 Å². The lowest BCUT2D eigenvalue weighted by Crippen LogP contribution is -2.50. The molecule has 1 aromatic carbocycles. The lowest BCUT2D eigenvalue weighted by molar-refractivity contribution is -0.123. The molecule has 1 aromatic heterocycles. The number of hydrogen-bond donors (Lipinski definition) is 1. The van der Waals surface area contributed by atoms with E-state index in [1.165, 1.54) is 10.9 Å². The van der Waals surface area contributed by atoms with E-state index in [1.54, 1.807) is 31.2 Å². The van der Waals surface area contributed by atoms with Crippen LogP contribution < -0.4 is 10.7 Å². The summed E-state index contributed by atoms with van der Waals surface area (Å²) in [4.78, 5) is 24.0. The highest BCUT2D eigenvalue weighted by Gasteiger charge is 2.30. The Morgan fingerprint density at radius 2 is 2.14 bits per heavy atom. The van der Waals surface area contributed by atoms with Crippen LogP contribution in [0.25, 0.3) is 10.9 Å². The van der Waals surface area contributed by atoms with E-state index in [0.29, 0.717) is 10.9 Å². The van der Waals surface area contributed by atoms with Crippen LogP contribution in [0.15, 0.2) is 35.3 Å². The smallest absolute Gasteiger partial charge is 0.242 e. The van der Waals surface area contributed by atoms with Gasteiger partial charge in [-0.15, -0.1) is 0 Å². The average Bonchev–Trinajstić information content (AvgIpc) is 2.50. The molecule has 0 unspecified atom stereocenters. The maximum Gasteiger partial charge on any atom is 0.242 e. The first-order valence-corrected chi connectivity index (χ1v) is 7.04. The minimum atomic E-state index is -0.939. The molecule has 0 aliphatic rings. The van der Waals surface area contributed by atoms with Gasteiger partial charge in [-0.25, -0.2) is 0 Å². The molecule has 6 heteroatoms. The van der Waals surface area contributed by atoms with Crippen LogP contribution >= 0.6 is 0 Å². The van der Waals surface area contributed by atoms with E-state index in [9.17, 15) is 14.9 Å². The second-order valence-electron chi connectivity index (χ2n) is 5.70. The number of fused-ring (bicyclic) bond motifs is 1. The Bertz CT molecular complexity index is 804. The summed E-state index contributed by atoms with van der Waals surface area (Å²) in [6.07, 6.45) is 1.20. The van der Waals surface area contributed by atoms with Crippen molar-refractivity contribution in [3.8, 4) is 6.07 Å². The maximum atomic E-state index is 12.2. The number of nitriles is 1. The summed E-state index contributed by atoms with van der Waals surface area (Å²) in [5.41, 5.74) is -0.531. The topological polar surface area (TPSA) is 87.8 Å². The second-order valence-corrected chi connectivity index (χ2v) is 5.70. The van der Waals surface area contributed by atoms with E-state index in [1.807, 2.05) is 13.8 Å². The van der Waals surface area contributed by atoms with Crippen LogP contribution in [0.2, 0.25) is 0 Å². The lowest BCUT2D eigenvalue weighted by atomic mass is 9.90. The monoisotopic (exact) mass is 298 g/mol. The fourth-order valence-corrected chi connectivity index (χ4v) is 2.05. The van der Waals surface area contributed by atoms with Crippen LogP contribution in [0.1, 0.15) is 20.8 Å². The number of carbonyl (C=O) groups is 1. The van der Waals surface area contributed by atoms with Gasteiger partial charge in [0.15, 0.2) is 0 Å². The summed E-state index contributed by atoms with van der Waals surface area (Å²) in [5, 5.41) is 16.5. The van der Waals surface area contributed by atoms with Gasteiger partial charge >= 0.3 is 0 Å². The zero-order valence-electron chi connectivity index (χ0n) is 12.8. The van der Waals surface area contributed by atoms with Gasteiger partial charge in [0.25, 0.3) is 0 Å². The zero-order valence-corrected chi connectivity index (χ0v) is 12.8. The van der Waals surface area contributed by atoms with Gasteiger partial charge in [0.1, 0.15) is 12.1 Å². The molecule has 22 heavy (non-hydrogen) atoms. The normalized spacial score (nSPS) is 13.6. The van der Waals surface area contributed by atoms with Gasteiger partial charge < -0.3 is 5.32 Å². The van der Waals surface area contributed by atoms with E-state index in [4.69, 9.17) is 0 Å². The number of nitrogens with zero attached hydrogens (tertiary/aromatic N) is 3. The van der Waals surface area contributed by atoms with Crippen molar-refractivity contribution in [1.82, 2.24) is 15.1 Å². The van der Waals surface area contributed by atoms with E-state index < -0.39 is 5.54 Å². The summed E-state index contributed by atoms with van der Waals surface area (Å²) in [6.45, 7) is 5.38. The molecule has 6 nitrogen and oxygen atoms in total. The van der Waals surface area contributed by atoms with Crippen molar-refractivity contribution in [3.05, 3.63) is 40.7 Å².